The Labute approximate surface area is 121 Å². The molecule has 2 atom stereocenters. The molecule has 1 fully saturated rings. The van der Waals surface area contributed by atoms with Gasteiger partial charge in [-0.25, -0.2) is 4.98 Å². The highest BCUT2D eigenvalue weighted by atomic mass is 16.5. The van der Waals surface area contributed by atoms with Gasteiger partial charge < -0.3 is 10.1 Å². The molecule has 0 amide bonds. The van der Waals surface area contributed by atoms with E-state index in [4.69, 9.17) is 4.74 Å². The SMILES string of the molecule is CCCNc1cnc(CN2CCC(C)C(OC)C2)cn1. The summed E-state index contributed by atoms with van der Waals surface area (Å²) in [5, 5.41) is 3.24. The Hall–Kier alpha value is -1.20. The standard InChI is InChI=1S/C15H26N4O/c1-4-6-16-15-9-17-13(8-18-15)10-19-7-5-12(2)14(11-19)20-3/h8-9,12,14H,4-7,10-11H2,1-3H3,(H,16,18). The van der Waals surface area contributed by atoms with Gasteiger partial charge in [-0.1, -0.05) is 13.8 Å². The maximum atomic E-state index is 5.55. The third kappa shape index (κ3) is 4.15. The Balaban J connectivity index is 1.86. The van der Waals surface area contributed by atoms with Crippen molar-refractivity contribution in [3.05, 3.63) is 18.1 Å². The number of piperidine rings is 1. The molecule has 1 aromatic heterocycles. The fourth-order valence-electron chi connectivity index (χ4n) is 2.56. The van der Waals surface area contributed by atoms with Gasteiger partial charge in [0.1, 0.15) is 5.82 Å². The first-order valence-corrected chi connectivity index (χ1v) is 7.52. The van der Waals surface area contributed by atoms with Crippen LogP contribution in [0.4, 0.5) is 5.82 Å². The Morgan fingerprint density at radius 1 is 1.40 bits per heavy atom. The molecule has 1 saturated heterocycles. The zero-order valence-electron chi connectivity index (χ0n) is 12.8. The predicted octanol–water partition coefficient (Wildman–Crippen LogP) is 2.16. The zero-order valence-corrected chi connectivity index (χ0v) is 12.8. The Morgan fingerprint density at radius 3 is 2.90 bits per heavy atom. The number of rotatable bonds is 6. The van der Waals surface area contributed by atoms with E-state index >= 15 is 0 Å². The lowest BCUT2D eigenvalue weighted by Gasteiger charge is -2.35. The summed E-state index contributed by atoms with van der Waals surface area (Å²) in [6.07, 6.45) is 6.31. The van der Waals surface area contributed by atoms with Crippen LogP contribution in [0.15, 0.2) is 12.4 Å². The number of likely N-dealkylation sites (tertiary alicyclic amines) is 1. The van der Waals surface area contributed by atoms with E-state index in [2.05, 4.69) is 34.0 Å². The number of anilines is 1. The van der Waals surface area contributed by atoms with Gasteiger partial charge in [0.25, 0.3) is 0 Å². The average Bonchev–Trinajstić information content (AvgIpc) is 2.48. The topological polar surface area (TPSA) is 50.3 Å². The lowest BCUT2D eigenvalue weighted by Crippen LogP contribution is -2.43. The van der Waals surface area contributed by atoms with Crippen molar-refractivity contribution >= 4 is 5.82 Å². The van der Waals surface area contributed by atoms with Crippen molar-refractivity contribution in [2.24, 2.45) is 5.92 Å². The molecule has 2 rings (SSSR count). The zero-order chi connectivity index (χ0) is 14.4. The van der Waals surface area contributed by atoms with E-state index in [9.17, 15) is 0 Å². The van der Waals surface area contributed by atoms with Gasteiger partial charge in [0.15, 0.2) is 0 Å². The van der Waals surface area contributed by atoms with Crippen molar-refractivity contribution in [1.29, 1.82) is 0 Å². The number of aromatic nitrogens is 2. The molecule has 2 unspecified atom stereocenters. The average molecular weight is 278 g/mol. The second-order valence-corrected chi connectivity index (χ2v) is 5.59. The first kappa shape index (κ1) is 15.2. The molecule has 0 aliphatic carbocycles. The van der Waals surface area contributed by atoms with Crippen LogP contribution in [0.1, 0.15) is 32.4 Å². The van der Waals surface area contributed by atoms with E-state index < -0.39 is 0 Å². The summed E-state index contributed by atoms with van der Waals surface area (Å²) in [6.45, 7) is 8.28. The van der Waals surface area contributed by atoms with Gasteiger partial charge in [-0.3, -0.25) is 9.88 Å². The van der Waals surface area contributed by atoms with E-state index in [-0.39, 0.29) is 0 Å². The van der Waals surface area contributed by atoms with Crippen LogP contribution in [-0.2, 0) is 11.3 Å². The highest BCUT2D eigenvalue weighted by Gasteiger charge is 2.26. The fraction of sp³-hybridized carbons (Fsp3) is 0.733. The van der Waals surface area contributed by atoms with Crippen molar-refractivity contribution in [3.8, 4) is 0 Å². The van der Waals surface area contributed by atoms with Gasteiger partial charge in [0, 0.05) is 26.7 Å². The van der Waals surface area contributed by atoms with Crippen LogP contribution >= 0.6 is 0 Å². The van der Waals surface area contributed by atoms with E-state index in [0.29, 0.717) is 12.0 Å². The van der Waals surface area contributed by atoms with Crippen LogP contribution in [0.25, 0.3) is 0 Å². The molecule has 0 spiro atoms. The first-order valence-electron chi connectivity index (χ1n) is 7.52. The van der Waals surface area contributed by atoms with Gasteiger partial charge >= 0.3 is 0 Å². The largest absolute Gasteiger partial charge is 0.380 e. The summed E-state index contributed by atoms with van der Waals surface area (Å²) in [7, 11) is 1.80. The summed E-state index contributed by atoms with van der Waals surface area (Å²) < 4.78 is 5.55. The number of hydrogen-bond acceptors (Lipinski definition) is 5. The van der Waals surface area contributed by atoms with Crippen LogP contribution in [0.2, 0.25) is 0 Å². The van der Waals surface area contributed by atoms with Crippen molar-refractivity contribution in [2.45, 2.75) is 39.3 Å². The molecule has 112 valence electrons. The minimum atomic E-state index is 0.335. The van der Waals surface area contributed by atoms with Crippen molar-refractivity contribution in [1.82, 2.24) is 14.9 Å². The molecular weight excluding hydrogens is 252 g/mol. The van der Waals surface area contributed by atoms with Crippen LogP contribution in [0.3, 0.4) is 0 Å². The molecule has 1 aromatic rings. The molecule has 0 radical (unpaired) electrons. The minimum absolute atomic E-state index is 0.335. The fourth-order valence-corrected chi connectivity index (χ4v) is 2.56. The van der Waals surface area contributed by atoms with Gasteiger partial charge in [0.2, 0.25) is 0 Å². The number of nitrogens with zero attached hydrogens (tertiary/aromatic N) is 3. The highest BCUT2D eigenvalue weighted by Crippen LogP contribution is 2.20. The van der Waals surface area contributed by atoms with Gasteiger partial charge in [-0.05, 0) is 25.3 Å². The monoisotopic (exact) mass is 278 g/mol. The van der Waals surface area contributed by atoms with Gasteiger partial charge in [-0.15, -0.1) is 0 Å². The Bertz CT molecular complexity index is 395. The number of nitrogens with one attached hydrogen (secondary N) is 1. The van der Waals surface area contributed by atoms with Crippen molar-refractivity contribution < 1.29 is 4.74 Å². The molecule has 0 bridgehead atoms. The van der Waals surface area contributed by atoms with Gasteiger partial charge in [0.05, 0.1) is 24.2 Å². The maximum absolute atomic E-state index is 5.55. The highest BCUT2D eigenvalue weighted by molar-refractivity contribution is 5.30. The van der Waals surface area contributed by atoms with E-state index in [0.717, 1.165) is 44.1 Å². The Morgan fingerprint density at radius 2 is 2.25 bits per heavy atom. The van der Waals surface area contributed by atoms with E-state index in [1.54, 1.807) is 7.11 Å². The first-order chi connectivity index (χ1) is 9.72. The quantitative estimate of drug-likeness (QED) is 0.864. The second-order valence-electron chi connectivity index (χ2n) is 5.59. The Kier molecular flexibility index (Phi) is 5.73. The molecule has 1 aliphatic heterocycles. The lowest BCUT2D eigenvalue weighted by molar-refractivity contribution is -0.00781. The third-order valence-corrected chi connectivity index (χ3v) is 3.92. The molecule has 2 heterocycles. The molecular formula is C15H26N4O. The summed E-state index contributed by atoms with van der Waals surface area (Å²) in [6, 6.07) is 0. The number of ether oxygens (including phenoxy) is 1. The predicted molar refractivity (Wildman–Crippen MR) is 80.7 cm³/mol. The summed E-state index contributed by atoms with van der Waals surface area (Å²) in [5.41, 5.74) is 1.02. The molecule has 0 saturated carbocycles. The number of methoxy groups -OCH3 is 1. The summed E-state index contributed by atoms with van der Waals surface area (Å²) in [5.74, 6) is 1.50. The lowest BCUT2D eigenvalue weighted by atomic mass is 9.96. The molecule has 20 heavy (non-hydrogen) atoms. The minimum Gasteiger partial charge on any atom is -0.380 e. The molecule has 5 heteroatoms. The van der Waals surface area contributed by atoms with Crippen molar-refractivity contribution in [2.75, 3.05) is 32.1 Å². The van der Waals surface area contributed by atoms with Crippen LogP contribution < -0.4 is 5.32 Å². The van der Waals surface area contributed by atoms with Crippen LogP contribution in [-0.4, -0.2) is 47.7 Å². The molecule has 1 aliphatic rings. The van der Waals surface area contributed by atoms with E-state index in [1.165, 1.54) is 6.42 Å². The number of hydrogen-bond donors (Lipinski definition) is 1. The third-order valence-electron chi connectivity index (χ3n) is 3.92. The maximum Gasteiger partial charge on any atom is 0.144 e. The molecule has 1 N–H and O–H groups in total. The van der Waals surface area contributed by atoms with Crippen molar-refractivity contribution in [3.63, 3.8) is 0 Å². The summed E-state index contributed by atoms with van der Waals surface area (Å²) in [4.78, 5) is 11.3. The van der Waals surface area contributed by atoms with Gasteiger partial charge in [-0.2, -0.15) is 0 Å². The summed E-state index contributed by atoms with van der Waals surface area (Å²) >= 11 is 0. The van der Waals surface area contributed by atoms with Crippen LogP contribution in [0, 0.1) is 5.92 Å². The molecule has 0 aromatic carbocycles. The smallest absolute Gasteiger partial charge is 0.144 e. The molecule has 5 nitrogen and oxygen atoms in total. The van der Waals surface area contributed by atoms with Crippen LogP contribution in [0.5, 0.6) is 0 Å². The normalized spacial score (nSPS) is 23.8. The second kappa shape index (κ2) is 7.55. The van der Waals surface area contributed by atoms with E-state index in [1.807, 2.05) is 12.4 Å².